The van der Waals surface area contributed by atoms with Gasteiger partial charge in [0.05, 0.1) is 11.2 Å². The average Bonchev–Trinajstić information content (AvgIpc) is 3.25. The fourth-order valence-corrected chi connectivity index (χ4v) is 4.71. The molecule has 0 spiro atoms. The van der Waals surface area contributed by atoms with E-state index in [1.54, 1.807) is 6.20 Å². The number of carbonyl (C=O) groups is 1. The molecule has 4 rings (SSSR count). The number of thiazole rings is 1. The Kier molecular flexibility index (Phi) is 6.62. The van der Waals surface area contributed by atoms with Gasteiger partial charge in [-0.3, -0.25) is 9.69 Å². The summed E-state index contributed by atoms with van der Waals surface area (Å²) in [5.74, 6) is 0.934. The highest BCUT2D eigenvalue weighted by Crippen LogP contribution is 2.30. The monoisotopic (exact) mass is 441 g/mol. The molecule has 30 heavy (non-hydrogen) atoms. The number of halogens is 1. The van der Waals surface area contributed by atoms with Gasteiger partial charge in [-0.15, -0.1) is 11.3 Å². The van der Waals surface area contributed by atoms with Crippen molar-refractivity contribution in [1.29, 1.82) is 0 Å². The van der Waals surface area contributed by atoms with Crippen LogP contribution in [0.3, 0.4) is 0 Å². The summed E-state index contributed by atoms with van der Waals surface area (Å²) in [6.45, 7) is 6.64. The molecular formula is C22H24ClN5OS. The third-order valence-corrected chi connectivity index (χ3v) is 6.45. The maximum absolute atomic E-state index is 12.7. The van der Waals surface area contributed by atoms with Crippen molar-refractivity contribution in [3.63, 3.8) is 0 Å². The van der Waals surface area contributed by atoms with Gasteiger partial charge in [-0.05, 0) is 25.1 Å². The number of rotatable bonds is 6. The zero-order valence-electron chi connectivity index (χ0n) is 16.8. The number of benzene rings is 1. The standard InChI is InChI=1S/C22H24ClN5OS/c1-16(15-27-10-12-28(13-11-27)20-8-4-5-9-24-20)26-21(29)19-14-25-22(30-19)17-6-2-3-7-18(17)23/h2-9,14,16H,10-13,15H2,1H3,(H,26,29). The summed E-state index contributed by atoms with van der Waals surface area (Å²) < 4.78 is 0. The Morgan fingerprint density at radius 1 is 1.13 bits per heavy atom. The lowest BCUT2D eigenvalue weighted by Gasteiger charge is -2.36. The van der Waals surface area contributed by atoms with E-state index >= 15 is 0 Å². The third kappa shape index (κ3) is 4.98. The second-order valence-corrected chi connectivity index (χ2v) is 8.80. The molecular weight excluding hydrogens is 418 g/mol. The van der Waals surface area contributed by atoms with Crippen LogP contribution in [0.15, 0.2) is 54.9 Å². The number of hydrogen-bond acceptors (Lipinski definition) is 6. The zero-order chi connectivity index (χ0) is 20.9. The predicted octanol–water partition coefficient (Wildman–Crippen LogP) is 3.80. The first-order valence-electron chi connectivity index (χ1n) is 10.00. The van der Waals surface area contributed by atoms with E-state index in [1.165, 1.54) is 11.3 Å². The van der Waals surface area contributed by atoms with E-state index in [-0.39, 0.29) is 11.9 Å². The van der Waals surface area contributed by atoms with Crippen molar-refractivity contribution in [2.75, 3.05) is 37.6 Å². The maximum atomic E-state index is 12.7. The number of hydrogen-bond donors (Lipinski definition) is 1. The third-order valence-electron chi connectivity index (χ3n) is 5.09. The van der Waals surface area contributed by atoms with Gasteiger partial charge in [0.25, 0.3) is 5.91 Å². The lowest BCUT2D eigenvalue weighted by molar-refractivity contribution is 0.0932. The van der Waals surface area contributed by atoms with Crippen molar-refractivity contribution in [2.24, 2.45) is 0 Å². The number of piperazine rings is 1. The molecule has 2 aromatic heterocycles. The van der Waals surface area contributed by atoms with Crippen LogP contribution in [-0.4, -0.2) is 59.5 Å². The molecule has 6 nitrogen and oxygen atoms in total. The predicted molar refractivity (Wildman–Crippen MR) is 122 cm³/mol. The number of aromatic nitrogens is 2. The molecule has 1 N–H and O–H groups in total. The zero-order valence-corrected chi connectivity index (χ0v) is 18.4. The first kappa shape index (κ1) is 20.8. The van der Waals surface area contributed by atoms with Crippen molar-refractivity contribution in [1.82, 2.24) is 20.2 Å². The van der Waals surface area contributed by atoms with Crippen LogP contribution in [0.1, 0.15) is 16.6 Å². The summed E-state index contributed by atoms with van der Waals surface area (Å²) in [4.78, 5) is 26.7. The van der Waals surface area contributed by atoms with Crippen molar-refractivity contribution in [2.45, 2.75) is 13.0 Å². The lowest BCUT2D eigenvalue weighted by atomic mass is 10.2. The van der Waals surface area contributed by atoms with Crippen molar-refractivity contribution < 1.29 is 4.79 Å². The van der Waals surface area contributed by atoms with Crippen LogP contribution in [0.4, 0.5) is 5.82 Å². The first-order chi connectivity index (χ1) is 14.6. The molecule has 1 aliphatic heterocycles. The molecule has 1 atom stereocenters. The van der Waals surface area contributed by atoms with Crippen LogP contribution >= 0.6 is 22.9 Å². The molecule has 0 aliphatic carbocycles. The molecule has 3 heterocycles. The molecule has 1 amide bonds. The highest BCUT2D eigenvalue weighted by Gasteiger charge is 2.21. The number of amides is 1. The minimum atomic E-state index is -0.0922. The normalized spacial score (nSPS) is 15.7. The van der Waals surface area contributed by atoms with Gasteiger partial charge in [-0.1, -0.05) is 35.9 Å². The average molecular weight is 442 g/mol. The Balaban J connectivity index is 1.28. The Labute approximate surface area is 185 Å². The molecule has 3 aromatic rings. The molecule has 1 aromatic carbocycles. The molecule has 0 saturated carbocycles. The van der Waals surface area contributed by atoms with E-state index in [4.69, 9.17) is 11.6 Å². The van der Waals surface area contributed by atoms with E-state index in [1.807, 2.05) is 55.6 Å². The smallest absolute Gasteiger partial charge is 0.263 e. The highest BCUT2D eigenvalue weighted by atomic mass is 35.5. The lowest BCUT2D eigenvalue weighted by Crippen LogP contribution is -2.51. The van der Waals surface area contributed by atoms with Crippen LogP contribution in [0.5, 0.6) is 0 Å². The minimum absolute atomic E-state index is 0.0461. The summed E-state index contributed by atoms with van der Waals surface area (Å²) in [7, 11) is 0. The van der Waals surface area contributed by atoms with Crippen molar-refractivity contribution in [3.05, 3.63) is 64.8 Å². The number of nitrogens with zero attached hydrogens (tertiary/aromatic N) is 4. The molecule has 1 aliphatic rings. The van der Waals surface area contributed by atoms with E-state index in [0.717, 1.165) is 49.1 Å². The van der Waals surface area contributed by atoms with Gasteiger partial charge in [0, 0.05) is 50.5 Å². The highest BCUT2D eigenvalue weighted by molar-refractivity contribution is 7.17. The van der Waals surface area contributed by atoms with Gasteiger partial charge in [0.15, 0.2) is 0 Å². The summed E-state index contributed by atoms with van der Waals surface area (Å²) >= 11 is 7.60. The van der Waals surface area contributed by atoms with E-state index < -0.39 is 0 Å². The topological polar surface area (TPSA) is 61.4 Å². The summed E-state index contributed by atoms with van der Waals surface area (Å²) in [5, 5.41) is 4.49. The van der Waals surface area contributed by atoms with Gasteiger partial charge in [-0.2, -0.15) is 0 Å². The fourth-order valence-electron chi connectivity index (χ4n) is 3.57. The molecule has 1 saturated heterocycles. The van der Waals surface area contributed by atoms with E-state index in [2.05, 4.69) is 25.1 Å². The SMILES string of the molecule is CC(CN1CCN(c2ccccn2)CC1)NC(=O)c1cnc(-c2ccccc2Cl)s1. The fraction of sp³-hybridized carbons (Fsp3) is 0.318. The maximum Gasteiger partial charge on any atom is 0.263 e. The van der Waals surface area contributed by atoms with Gasteiger partial charge in [0.1, 0.15) is 15.7 Å². The van der Waals surface area contributed by atoms with Crippen LogP contribution in [0.25, 0.3) is 10.6 Å². The van der Waals surface area contributed by atoms with E-state index in [0.29, 0.717) is 9.90 Å². The van der Waals surface area contributed by atoms with Gasteiger partial charge in [0.2, 0.25) is 0 Å². The van der Waals surface area contributed by atoms with Crippen LogP contribution < -0.4 is 10.2 Å². The van der Waals surface area contributed by atoms with Gasteiger partial charge >= 0.3 is 0 Å². The Hall–Kier alpha value is -2.48. The molecule has 156 valence electrons. The first-order valence-corrected chi connectivity index (χ1v) is 11.2. The number of nitrogens with one attached hydrogen (secondary N) is 1. The van der Waals surface area contributed by atoms with Crippen LogP contribution in [-0.2, 0) is 0 Å². The van der Waals surface area contributed by atoms with Crippen LogP contribution in [0, 0.1) is 0 Å². The van der Waals surface area contributed by atoms with Crippen molar-refractivity contribution in [3.8, 4) is 10.6 Å². The van der Waals surface area contributed by atoms with Crippen molar-refractivity contribution >= 4 is 34.7 Å². The Morgan fingerprint density at radius 2 is 1.90 bits per heavy atom. The second kappa shape index (κ2) is 9.55. The summed E-state index contributed by atoms with van der Waals surface area (Å²) in [6.07, 6.45) is 3.45. The molecule has 0 radical (unpaired) electrons. The molecule has 0 bridgehead atoms. The Morgan fingerprint density at radius 3 is 2.63 bits per heavy atom. The second-order valence-electron chi connectivity index (χ2n) is 7.36. The Bertz CT molecular complexity index is 988. The molecule has 1 unspecified atom stereocenters. The van der Waals surface area contributed by atoms with Gasteiger partial charge in [-0.25, -0.2) is 9.97 Å². The molecule has 1 fully saturated rings. The van der Waals surface area contributed by atoms with Gasteiger partial charge < -0.3 is 10.2 Å². The number of carbonyl (C=O) groups excluding carboxylic acids is 1. The summed E-state index contributed by atoms with van der Waals surface area (Å²) in [6, 6.07) is 13.6. The van der Waals surface area contributed by atoms with E-state index in [9.17, 15) is 4.79 Å². The summed E-state index contributed by atoms with van der Waals surface area (Å²) in [5.41, 5.74) is 0.849. The quantitative estimate of drug-likeness (QED) is 0.630. The number of pyridine rings is 1. The van der Waals surface area contributed by atoms with Crippen LogP contribution in [0.2, 0.25) is 5.02 Å². The number of anilines is 1. The largest absolute Gasteiger partial charge is 0.354 e. The minimum Gasteiger partial charge on any atom is -0.354 e. The molecule has 8 heteroatoms.